The number of carboxylic acid groups (broad SMARTS) is 1. The number of hydrogen-bond acceptors (Lipinski definition) is 3. The number of rotatable bonds is 5. The van der Waals surface area contributed by atoms with Gasteiger partial charge in [0.25, 0.3) is 5.91 Å². The normalized spacial score (nSPS) is 12.0. The van der Waals surface area contributed by atoms with Crippen molar-refractivity contribution in [3.05, 3.63) is 88.9 Å². The summed E-state index contributed by atoms with van der Waals surface area (Å²) in [5.41, 5.74) is 2.42. The van der Waals surface area contributed by atoms with Gasteiger partial charge in [-0.3, -0.25) is 4.79 Å². The van der Waals surface area contributed by atoms with Gasteiger partial charge in [0.1, 0.15) is 6.04 Å². The van der Waals surface area contributed by atoms with Crippen molar-refractivity contribution in [1.82, 2.24) is 10.3 Å². The van der Waals surface area contributed by atoms with E-state index in [0.717, 1.165) is 0 Å². The molecule has 4 rings (SSSR count). The van der Waals surface area contributed by atoms with E-state index in [4.69, 9.17) is 11.6 Å². The first-order valence-electron chi connectivity index (χ1n) is 9.09. The Bertz CT molecular complexity index is 1190. The number of benzene rings is 3. The van der Waals surface area contributed by atoms with Gasteiger partial charge in [-0.25, -0.2) is 9.78 Å². The minimum atomic E-state index is -1.12. The molecule has 0 spiro atoms. The third-order valence-corrected chi connectivity index (χ3v) is 5.17. The number of para-hydroxylation sites is 2. The number of nitrogens with zero attached hydrogens (tertiary/aromatic N) is 1. The van der Waals surface area contributed by atoms with Crippen LogP contribution in [0, 0.1) is 0 Å². The summed E-state index contributed by atoms with van der Waals surface area (Å²) >= 11 is 6.17. The molecule has 2 N–H and O–H groups in total. The summed E-state index contributed by atoms with van der Waals surface area (Å²) in [6, 6.07) is 20.5. The second-order valence-corrected chi connectivity index (χ2v) is 7.09. The number of amides is 1. The Morgan fingerprint density at radius 2 is 1.45 bits per heavy atom. The first-order valence-corrected chi connectivity index (χ1v) is 9.47. The Hall–Kier alpha value is -3.44. The highest BCUT2D eigenvalue weighted by molar-refractivity contribution is 6.31. The smallest absolute Gasteiger partial charge is 0.326 e. The fourth-order valence-corrected chi connectivity index (χ4v) is 3.61. The largest absolute Gasteiger partial charge is 0.480 e. The molecular weight excluding hydrogens is 388 g/mol. The first-order chi connectivity index (χ1) is 14.0. The van der Waals surface area contributed by atoms with Crippen LogP contribution in [0.2, 0.25) is 5.02 Å². The molecule has 0 bridgehead atoms. The van der Waals surface area contributed by atoms with Crippen molar-refractivity contribution >= 4 is 45.3 Å². The highest BCUT2D eigenvalue weighted by atomic mass is 35.5. The second-order valence-electron chi connectivity index (χ2n) is 6.68. The van der Waals surface area contributed by atoms with Gasteiger partial charge in [-0.2, -0.15) is 0 Å². The van der Waals surface area contributed by atoms with E-state index in [1.165, 1.54) is 0 Å². The molecule has 3 aromatic carbocycles. The van der Waals surface area contributed by atoms with E-state index in [1.807, 2.05) is 48.5 Å². The topological polar surface area (TPSA) is 79.3 Å². The number of carbonyl (C=O) groups excluding carboxylic acids is 1. The molecule has 4 aromatic rings. The average molecular weight is 405 g/mol. The number of fused-ring (bicyclic) bond motifs is 2. The lowest BCUT2D eigenvalue weighted by molar-refractivity contribution is -0.139. The molecule has 1 amide bonds. The molecule has 0 unspecified atom stereocenters. The molecule has 6 heteroatoms. The molecular formula is C23H17ClN2O3. The van der Waals surface area contributed by atoms with Crippen molar-refractivity contribution in [3.8, 4) is 0 Å². The molecule has 0 aliphatic heterocycles. The van der Waals surface area contributed by atoms with Crippen molar-refractivity contribution in [2.75, 3.05) is 0 Å². The quantitative estimate of drug-likeness (QED) is 0.481. The molecule has 0 saturated carbocycles. The van der Waals surface area contributed by atoms with Crippen LogP contribution in [-0.4, -0.2) is 28.0 Å². The summed E-state index contributed by atoms with van der Waals surface area (Å²) in [5.74, 6) is -1.58. The predicted molar refractivity (Wildman–Crippen MR) is 113 cm³/mol. The van der Waals surface area contributed by atoms with Gasteiger partial charge in [0, 0.05) is 22.2 Å². The fraction of sp³-hybridized carbons (Fsp3) is 0.0870. The van der Waals surface area contributed by atoms with Crippen LogP contribution >= 0.6 is 11.6 Å². The van der Waals surface area contributed by atoms with Gasteiger partial charge in [-0.05, 0) is 23.8 Å². The second kappa shape index (κ2) is 7.89. The minimum Gasteiger partial charge on any atom is -0.480 e. The summed E-state index contributed by atoms with van der Waals surface area (Å²) in [5, 5.41) is 14.2. The number of carbonyl (C=O) groups is 2. The van der Waals surface area contributed by atoms with E-state index < -0.39 is 17.9 Å². The van der Waals surface area contributed by atoms with Gasteiger partial charge < -0.3 is 10.4 Å². The van der Waals surface area contributed by atoms with E-state index in [2.05, 4.69) is 10.3 Å². The van der Waals surface area contributed by atoms with E-state index in [1.54, 1.807) is 24.3 Å². The van der Waals surface area contributed by atoms with Gasteiger partial charge in [-0.1, -0.05) is 66.2 Å². The molecule has 1 heterocycles. The fourth-order valence-electron chi connectivity index (χ4n) is 3.40. The van der Waals surface area contributed by atoms with Crippen LogP contribution in [0.15, 0.2) is 72.8 Å². The van der Waals surface area contributed by atoms with Crippen molar-refractivity contribution < 1.29 is 14.7 Å². The lowest BCUT2D eigenvalue weighted by Crippen LogP contribution is -2.42. The number of aliphatic carboxylic acids is 1. The third kappa shape index (κ3) is 3.77. The molecule has 0 radical (unpaired) electrons. The molecule has 0 aliphatic rings. The predicted octanol–water partition coefficient (Wildman–Crippen LogP) is 4.47. The van der Waals surface area contributed by atoms with Crippen molar-refractivity contribution in [1.29, 1.82) is 0 Å². The zero-order chi connectivity index (χ0) is 20.4. The van der Waals surface area contributed by atoms with E-state index in [-0.39, 0.29) is 6.42 Å². The van der Waals surface area contributed by atoms with Gasteiger partial charge in [0.15, 0.2) is 0 Å². The summed E-state index contributed by atoms with van der Waals surface area (Å²) in [7, 11) is 0. The number of carboxylic acids is 1. The molecule has 0 saturated heterocycles. The maximum absolute atomic E-state index is 13.2. The molecule has 29 heavy (non-hydrogen) atoms. The Morgan fingerprint density at radius 1 is 0.897 bits per heavy atom. The van der Waals surface area contributed by atoms with E-state index in [0.29, 0.717) is 38.0 Å². The summed E-state index contributed by atoms with van der Waals surface area (Å²) < 4.78 is 0. The van der Waals surface area contributed by atoms with E-state index in [9.17, 15) is 14.7 Å². The molecule has 1 atom stereocenters. The monoisotopic (exact) mass is 404 g/mol. The average Bonchev–Trinajstić information content (AvgIpc) is 2.72. The van der Waals surface area contributed by atoms with Gasteiger partial charge in [0.2, 0.25) is 0 Å². The zero-order valence-corrected chi connectivity index (χ0v) is 16.1. The van der Waals surface area contributed by atoms with Crippen LogP contribution in [0.1, 0.15) is 15.9 Å². The molecule has 144 valence electrons. The highest BCUT2D eigenvalue weighted by Gasteiger charge is 2.24. The van der Waals surface area contributed by atoms with E-state index >= 15 is 0 Å². The number of pyridine rings is 1. The molecule has 5 nitrogen and oxygen atoms in total. The maximum Gasteiger partial charge on any atom is 0.326 e. The number of aromatic nitrogens is 1. The lowest BCUT2D eigenvalue weighted by atomic mass is 10.0. The van der Waals surface area contributed by atoms with Crippen LogP contribution in [0.3, 0.4) is 0 Å². The lowest BCUT2D eigenvalue weighted by Gasteiger charge is -2.17. The van der Waals surface area contributed by atoms with Crippen LogP contribution in [0.5, 0.6) is 0 Å². The number of hydrogen-bond donors (Lipinski definition) is 2. The number of halogens is 1. The molecule has 0 fully saturated rings. The van der Waals surface area contributed by atoms with Crippen molar-refractivity contribution in [2.45, 2.75) is 12.5 Å². The Morgan fingerprint density at radius 3 is 2.03 bits per heavy atom. The standard InChI is InChI=1S/C23H17ClN2O3/c24-17-10-4-1-7-14(17)13-20(23(28)29)26-22(27)21-15-8-2-5-11-18(15)25-19-12-6-3-9-16(19)21/h1-12,20H,13H2,(H,26,27)(H,28,29)/t20-/m0/s1. The summed E-state index contributed by atoms with van der Waals surface area (Å²) in [4.78, 5) is 29.7. The number of nitrogens with one attached hydrogen (secondary N) is 1. The molecule has 1 aromatic heterocycles. The minimum absolute atomic E-state index is 0.0850. The summed E-state index contributed by atoms with van der Waals surface area (Å²) in [6.45, 7) is 0. The van der Waals surface area contributed by atoms with Crippen LogP contribution in [0.4, 0.5) is 0 Å². The van der Waals surface area contributed by atoms with Crippen LogP contribution < -0.4 is 5.32 Å². The van der Waals surface area contributed by atoms with Crippen molar-refractivity contribution in [3.63, 3.8) is 0 Å². The maximum atomic E-state index is 13.2. The van der Waals surface area contributed by atoms with Gasteiger partial charge >= 0.3 is 5.97 Å². The van der Waals surface area contributed by atoms with Crippen LogP contribution in [-0.2, 0) is 11.2 Å². The summed E-state index contributed by atoms with van der Waals surface area (Å²) in [6.07, 6.45) is 0.0850. The molecule has 0 aliphatic carbocycles. The Balaban J connectivity index is 1.75. The Labute approximate surface area is 172 Å². The SMILES string of the molecule is O=C(N[C@@H](Cc1ccccc1Cl)C(=O)O)c1c2ccccc2nc2ccccc12. The van der Waals surface area contributed by atoms with Gasteiger partial charge in [-0.15, -0.1) is 0 Å². The van der Waals surface area contributed by atoms with Crippen LogP contribution in [0.25, 0.3) is 21.8 Å². The van der Waals surface area contributed by atoms with Crippen molar-refractivity contribution in [2.24, 2.45) is 0 Å². The van der Waals surface area contributed by atoms with Gasteiger partial charge in [0.05, 0.1) is 16.6 Å². The first kappa shape index (κ1) is 18.9. The highest BCUT2D eigenvalue weighted by Crippen LogP contribution is 2.26. The Kier molecular flexibility index (Phi) is 5.14. The third-order valence-electron chi connectivity index (χ3n) is 4.80. The zero-order valence-electron chi connectivity index (χ0n) is 15.3.